The summed E-state index contributed by atoms with van der Waals surface area (Å²) in [6, 6.07) is 25.5. The molecule has 0 aliphatic heterocycles. The molecule has 1 aromatic heterocycles. The third-order valence-corrected chi connectivity index (χ3v) is 4.92. The SMILES string of the molecule is O=C(NC(CNc1cc(F)cc2ncccc12)Cc1ccccc1)c1ccccc1. The Morgan fingerprint density at radius 1 is 0.933 bits per heavy atom. The minimum Gasteiger partial charge on any atom is -0.382 e. The molecule has 0 aliphatic rings. The van der Waals surface area contributed by atoms with Crippen molar-refractivity contribution in [3.05, 3.63) is 108 Å². The molecule has 0 fully saturated rings. The molecule has 0 saturated carbocycles. The van der Waals surface area contributed by atoms with Crippen LogP contribution in [0, 0.1) is 5.82 Å². The molecule has 150 valence electrons. The van der Waals surface area contributed by atoms with Gasteiger partial charge in [-0.2, -0.15) is 0 Å². The van der Waals surface area contributed by atoms with Crippen molar-refractivity contribution in [1.29, 1.82) is 0 Å². The van der Waals surface area contributed by atoms with Gasteiger partial charge in [-0.3, -0.25) is 9.78 Å². The van der Waals surface area contributed by atoms with E-state index in [4.69, 9.17) is 0 Å². The average molecular weight is 399 g/mol. The van der Waals surface area contributed by atoms with Crippen LogP contribution in [0.3, 0.4) is 0 Å². The summed E-state index contributed by atoms with van der Waals surface area (Å²) in [4.78, 5) is 17.0. The van der Waals surface area contributed by atoms with Crippen molar-refractivity contribution in [3.63, 3.8) is 0 Å². The van der Waals surface area contributed by atoms with Crippen LogP contribution in [0.2, 0.25) is 0 Å². The largest absolute Gasteiger partial charge is 0.382 e. The molecule has 1 amide bonds. The second-order valence-corrected chi connectivity index (χ2v) is 7.13. The number of anilines is 1. The monoisotopic (exact) mass is 399 g/mol. The number of carbonyl (C=O) groups is 1. The standard InChI is InChI=1S/C25H22FN3O/c26-20-15-23-22(12-7-13-27-23)24(16-20)28-17-21(14-18-8-3-1-4-9-18)29-25(30)19-10-5-2-6-11-19/h1-13,15-16,21,28H,14,17H2,(H,29,30). The van der Waals surface area contributed by atoms with Crippen LogP contribution in [0.1, 0.15) is 15.9 Å². The van der Waals surface area contributed by atoms with Crippen LogP contribution in [0.15, 0.2) is 91.1 Å². The van der Waals surface area contributed by atoms with E-state index in [1.54, 1.807) is 18.3 Å². The molecule has 0 radical (unpaired) electrons. The average Bonchev–Trinajstić information content (AvgIpc) is 2.78. The molecular weight excluding hydrogens is 377 g/mol. The van der Waals surface area contributed by atoms with Gasteiger partial charge in [-0.25, -0.2) is 4.39 Å². The molecule has 1 unspecified atom stereocenters. The zero-order chi connectivity index (χ0) is 20.8. The van der Waals surface area contributed by atoms with Gasteiger partial charge in [0.05, 0.1) is 11.6 Å². The highest BCUT2D eigenvalue weighted by molar-refractivity contribution is 5.94. The Morgan fingerprint density at radius 2 is 1.67 bits per heavy atom. The first-order valence-electron chi connectivity index (χ1n) is 9.87. The molecule has 0 aliphatic carbocycles. The highest BCUT2D eigenvalue weighted by atomic mass is 19.1. The predicted octanol–water partition coefficient (Wildman–Crippen LogP) is 4.83. The Bertz CT molecular complexity index is 1130. The molecule has 1 atom stereocenters. The zero-order valence-corrected chi connectivity index (χ0v) is 16.4. The Morgan fingerprint density at radius 3 is 2.43 bits per heavy atom. The molecule has 4 aromatic rings. The summed E-state index contributed by atoms with van der Waals surface area (Å²) in [6.07, 6.45) is 2.29. The van der Waals surface area contributed by atoms with Crippen LogP contribution in [0.5, 0.6) is 0 Å². The zero-order valence-electron chi connectivity index (χ0n) is 16.4. The van der Waals surface area contributed by atoms with E-state index >= 15 is 0 Å². The number of nitrogens with zero attached hydrogens (tertiary/aromatic N) is 1. The van der Waals surface area contributed by atoms with E-state index in [0.29, 0.717) is 29.7 Å². The van der Waals surface area contributed by atoms with Crippen molar-refractivity contribution in [1.82, 2.24) is 10.3 Å². The number of aromatic nitrogens is 1. The normalized spacial score (nSPS) is 11.8. The maximum atomic E-state index is 14.1. The van der Waals surface area contributed by atoms with E-state index in [1.807, 2.05) is 60.7 Å². The highest BCUT2D eigenvalue weighted by Crippen LogP contribution is 2.23. The molecule has 1 heterocycles. The lowest BCUT2D eigenvalue weighted by molar-refractivity contribution is 0.0939. The molecule has 4 rings (SSSR count). The summed E-state index contributed by atoms with van der Waals surface area (Å²) in [7, 11) is 0. The molecular formula is C25H22FN3O. The van der Waals surface area contributed by atoms with Crippen LogP contribution in [-0.4, -0.2) is 23.5 Å². The molecule has 5 heteroatoms. The molecule has 0 bridgehead atoms. The second kappa shape index (κ2) is 9.18. The van der Waals surface area contributed by atoms with Crippen LogP contribution >= 0.6 is 0 Å². The maximum absolute atomic E-state index is 14.1. The number of halogens is 1. The van der Waals surface area contributed by atoms with Crippen molar-refractivity contribution < 1.29 is 9.18 Å². The van der Waals surface area contributed by atoms with Gasteiger partial charge < -0.3 is 10.6 Å². The molecule has 30 heavy (non-hydrogen) atoms. The van der Waals surface area contributed by atoms with Gasteiger partial charge >= 0.3 is 0 Å². The minimum absolute atomic E-state index is 0.135. The summed E-state index contributed by atoms with van der Waals surface area (Å²) in [5.41, 5.74) is 2.97. The second-order valence-electron chi connectivity index (χ2n) is 7.13. The van der Waals surface area contributed by atoms with E-state index in [0.717, 1.165) is 10.9 Å². The van der Waals surface area contributed by atoms with E-state index in [-0.39, 0.29) is 17.8 Å². The first-order chi connectivity index (χ1) is 14.7. The quantitative estimate of drug-likeness (QED) is 0.468. The molecule has 2 N–H and O–H groups in total. The smallest absolute Gasteiger partial charge is 0.251 e. The third kappa shape index (κ3) is 4.81. The fourth-order valence-corrected chi connectivity index (χ4v) is 3.46. The maximum Gasteiger partial charge on any atom is 0.251 e. The van der Waals surface area contributed by atoms with Gasteiger partial charge in [0.15, 0.2) is 0 Å². The summed E-state index contributed by atoms with van der Waals surface area (Å²) in [5.74, 6) is -0.485. The number of amides is 1. The Hall–Kier alpha value is -3.73. The van der Waals surface area contributed by atoms with Crippen LogP contribution in [0.4, 0.5) is 10.1 Å². The van der Waals surface area contributed by atoms with Crippen molar-refractivity contribution in [3.8, 4) is 0 Å². The lowest BCUT2D eigenvalue weighted by Gasteiger charge is -2.21. The number of pyridine rings is 1. The van der Waals surface area contributed by atoms with Crippen molar-refractivity contribution in [2.45, 2.75) is 12.5 Å². The third-order valence-electron chi connectivity index (χ3n) is 4.92. The first kappa shape index (κ1) is 19.6. The molecule has 0 spiro atoms. The number of hydrogen-bond acceptors (Lipinski definition) is 3. The van der Waals surface area contributed by atoms with Crippen LogP contribution in [-0.2, 0) is 6.42 Å². The Kier molecular flexibility index (Phi) is 5.99. The van der Waals surface area contributed by atoms with Gasteiger partial charge in [-0.1, -0.05) is 48.5 Å². The van der Waals surface area contributed by atoms with E-state index < -0.39 is 0 Å². The summed E-state index contributed by atoms with van der Waals surface area (Å²) in [5, 5.41) is 7.25. The predicted molar refractivity (Wildman–Crippen MR) is 118 cm³/mol. The topological polar surface area (TPSA) is 54.0 Å². The van der Waals surface area contributed by atoms with Gasteiger partial charge in [0, 0.05) is 35.4 Å². The molecule has 0 saturated heterocycles. The van der Waals surface area contributed by atoms with Gasteiger partial charge in [0.25, 0.3) is 5.91 Å². The Balaban J connectivity index is 1.55. The van der Waals surface area contributed by atoms with Crippen molar-refractivity contribution in [2.75, 3.05) is 11.9 Å². The molecule has 3 aromatic carbocycles. The lowest BCUT2D eigenvalue weighted by atomic mass is 10.0. The van der Waals surface area contributed by atoms with E-state index in [2.05, 4.69) is 15.6 Å². The van der Waals surface area contributed by atoms with Crippen LogP contribution in [0.25, 0.3) is 10.9 Å². The van der Waals surface area contributed by atoms with Gasteiger partial charge in [0.1, 0.15) is 5.82 Å². The number of carbonyl (C=O) groups excluding carboxylic acids is 1. The number of hydrogen-bond donors (Lipinski definition) is 2. The van der Waals surface area contributed by atoms with Gasteiger partial charge in [-0.15, -0.1) is 0 Å². The number of rotatable bonds is 7. The summed E-state index contributed by atoms with van der Waals surface area (Å²) < 4.78 is 14.1. The van der Waals surface area contributed by atoms with Gasteiger partial charge in [0.2, 0.25) is 0 Å². The minimum atomic E-state index is -0.350. The van der Waals surface area contributed by atoms with Crippen LogP contribution < -0.4 is 10.6 Å². The highest BCUT2D eigenvalue weighted by Gasteiger charge is 2.15. The number of benzene rings is 3. The molecule has 4 nitrogen and oxygen atoms in total. The number of fused-ring (bicyclic) bond motifs is 1. The fraction of sp³-hybridized carbons (Fsp3) is 0.120. The summed E-state index contributed by atoms with van der Waals surface area (Å²) >= 11 is 0. The fourth-order valence-electron chi connectivity index (χ4n) is 3.46. The van der Waals surface area contributed by atoms with Crippen molar-refractivity contribution in [2.24, 2.45) is 0 Å². The van der Waals surface area contributed by atoms with Crippen molar-refractivity contribution >= 4 is 22.5 Å². The van der Waals surface area contributed by atoms with E-state index in [1.165, 1.54) is 12.1 Å². The van der Waals surface area contributed by atoms with E-state index in [9.17, 15) is 9.18 Å². The summed E-state index contributed by atoms with van der Waals surface area (Å²) in [6.45, 7) is 0.445. The number of nitrogens with one attached hydrogen (secondary N) is 2. The lowest BCUT2D eigenvalue weighted by Crippen LogP contribution is -2.41. The van der Waals surface area contributed by atoms with Gasteiger partial charge in [-0.05, 0) is 42.3 Å². The Labute approximate surface area is 174 Å². The first-order valence-corrected chi connectivity index (χ1v) is 9.87.